The fraction of sp³-hybridized carbons (Fsp3) is 0.778. The van der Waals surface area contributed by atoms with Gasteiger partial charge in [0, 0.05) is 12.3 Å². The monoisotopic (exact) mass is 160 g/mol. The molecule has 0 saturated heterocycles. The Kier molecular flexibility index (Phi) is 1.62. The van der Waals surface area contributed by atoms with E-state index in [0.717, 1.165) is 0 Å². The summed E-state index contributed by atoms with van der Waals surface area (Å²) in [6.45, 7) is 9.46. The van der Waals surface area contributed by atoms with Crippen LogP contribution in [0.4, 0.5) is 8.78 Å². The van der Waals surface area contributed by atoms with Gasteiger partial charge in [0.1, 0.15) is 0 Å². The number of hydrogen-bond acceptors (Lipinski definition) is 0. The first kappa shape index (κ1) is 8.69. The zero-order valence-electron chi connectivity index (χ0n) is 7.25. The molecule has 0 aromatic heterocycles. The molecule has 1 rings (SSSR count). The minimum absolute atomic E-state index is 0.00308. The molecule has 1 aliphatic carbocycles. The van der Waals surface area contributed by atoms with Crippen molar-refractivity contribution in [3.05, 3.63) is 12.2 Å². The highest BCUT2D eigenvalue weighted by Crippen LogP contribution is 2.56. The topological polar surface area (TPSA) is 0 Å². The van der Waals surface area contributed by atoms with Crippen LogP contribution in [0.1, 0.15) is 27.2 Å². The van der Waals surface area contributed by atoms with E-state index in [9.17, 15) is 8.78 Å². The van der Waals surface area contributed by atoms with Crippen LogP contribution < -0.4 is 0 Å². The molecule has 1 atom stereocenters. The van der Waals surface area contributed by atoms with Crippen LogP contribution in [0, 0.1) is 11.3 Å². The summed E-state index contributed by atoms with van der Waals surface area (Å²) >= 11 is 0. The number of hydrogen-bond donors (Lipinski definition) is 0. The lowest BCUT2D eigenvalue weighted by Gasteiger charge is -2.21. The molecule has 0 amide bonds. The summed E-state index contributed by atoms with van der Waals surface area (Å²) < 4.78 is 25.0. The van der Waals surface area contributed by atoms with Gasteiger partial charge in [-0.15, -0.1) is 0 Å². The number of rotatable bonds is 1. The highest BCUT2D eigenvalue weighted by Gasteiger charge is 2.59. The van der Waals surface area contributed by atoms with Gasteiger partial charge >= 0.3 is 0 Å². The molecule has 0 nitrogen and oxygen atoms in total. The van der Waals surface area contributed by atoms with Crippen LogP contribution >= 0.6 is 0 Å². The molecule has 11 heavy (non-hydrogen) atoms. The van der Waals surface area contributed by atoms with Crippen LogP contribution in [0.3, 0.4) is 0 Å². The summed E-state index contributed by atoms with van der Waals surface area (Å²) in [6.07, 6.45) is 0.00308. The van der Waals surface area contributed by atoms with Gasteiger partial charge in [-0.25, -0.2) is 8.78 Å². The maximum atomic E-state index is 12.5. The molecule has 1 unspecified atom stereocenters. The highest BCUT2D eigenvalue weighted by molar-refractivity contribution is 5.21. The van der Waals surface area contributed by atoms with Gasteiger partial charge < -0.3 is 0 Å². The molecular formula is C9H14F2. The van der Waals surface area contributed by atoms with Crippen LogP contribution in [0.15, 0.2) is 12.2 Å². The van der Waals surface area contributed by atoms with Crippen molar-refractivity contribution in [1.29, 1.82) is 0 Å². The van der Waals surface area contributed by atoms with E-state index in [1.54, 1.807) is 0 Å². The van der Waals surface area contributed by atoms with Gasteiger partial charge in [-0.2, -0.15) is 0 Å². The molecule has 0 N–H and O–H groups in total. The molecule has 1 fully saturated rings. The SMILES string of the molecule is C=C(C1CC1(F)F)C(C)(C)C. The molecule has 1 saturated carbocycles. The first-order chi connectivity index (χ1) is 4.75. The van der Waals surface area contributed by atoms with Gasteiger partial charge in [-0.05, 0) is 5.41 Å². The van der Waals surface area contributed by atoms with Crippen molar-refractivity contribution in [2.24, 2.45) is 11.3 Å². The van der Waals surface area contributed by atoms with Crippen LogP contribution in [-0.4, -0.2) is 5.92 Å². The summed E-state index contributed by atoms with van der Waals surface area (Å²) in [5.74, 6) is -3.01. The molecule has 1 aliphatic rings. The second kappa shape index (κ2) is 2.05. The normalized spacial score (nSPS) is 28.3. The van der Waals surface area contributed by atoms with Crippen molar-refractivity contribution in [1.82, 2.24) is 0 Å². The second-order valence-electron chi connectivity index (χ2n) is 4.29. The minimum Gasteiger partial charge on any atom is -0.206 e. The Morgan fingerprint density at radius 3 is 1.91 bits per heavy atom. The van der Waals surface area contributed by atoms with Gasteiger partial charge in [0.15, 0.2) is 0 Å². The average molecular weight is 160 g/mol. The summed E-state index contributed by atoms with van der Waals surface area (Å²) in [7, 11) is 0. The van der Waals surface area contributed by atoms with E-state index in [-0.39, 0.29) is 11.8 Å². The number of alkyl halides is 2. The van der Waals surface area contributed by atoms with Gasteiger partial charge in [-0.3, -0.25) is 0 Å². The third-order valence-electron chi connectivity index (χ3n) is 2.21. The lowest BCUT2D eigenvalue weighted by atomic mass is 9.84. The van der Waals surface area contributed by atoms with E-state index in [1.807, 2.05) is 20.8 Å². The first-order valence-corrected chi connectivity index (χ1v) is 3.82. The fourth-order valence-corrected chi connectivity index (χ4v) is 1.11. The smallest absolute Gasteiger partial charge is 0.206 e. The van der Waals surface area contributed by atoms with Gasteiger partial charge in [0.2, 0.25) is 0 Å². The molecule has 0 aliphatic heterocycles. The van der Waals surface area contributed by atoms with Crippen LogP contribution in [-0.2, 0) is 0 Å². The lowest BCUT2D eigenvalue weighted by Crippen LogP contribution is -2.12. The maximum absolute atomic E-state index is 12.5. The molecule has 0 aromatic rings. The largest absolute Gasteiger partial charge is 0.255 e. The number of allylic oxidation sites excluding steroid dienone is 1. The Morgan fingerprint density at radius 1 is 1.45 bits per heavy atom. The van der Waals surface area contributed by atoms with E-state index in [0.29, 0.717) is 5.57 Å². The third kappa shape index (κ3) is 1.60. The minimum atomic E-state index is -2.45. The molecule has 0 heterocycles. The van der Waals surface area contributed by atoms with Crippen molar-refractivity contribution < 1.29 is 8.78 Å². The van der Waals surface area contributed by atoms with E-state index in [2.05, 4.69) is 6.58 Å². The van der Waals surface area contributed by atoms with E-state index in [4.69, 9.17) is 0 Å². The quantitative estimate of drug-likeness (QED) is 0.516. The molecule has 0 spiro atoms. The zero-order chi connectivity index (χ0) is 8.86. The molecule has 0 radical (unpaired) electrons. The van der Waals surface area contributed by atoms with Crippen molar-refractivity contribution in [3.63, 3.8) is 0 Å². The molecule has 0 aromatic carbocycles. The van der Waals surface area contributed by atoms with E-state index in [1.165, 1.54) is 0 Å². The lowest BCUT2D eigenvalue weighted by molar-refractivity contribution is 0.102. The first-order valence-electron chi connectivity index (χ1n) is 3.82. The predicted octanol–water partition coefficient (Wildman–Crippen LogP) is 3.24. The van der Waals surface area contributed by atoms with Crippen LogP contribution in [0.25, 0.3) is 0 Å². The van der Waals surface area contributed by atoms with E-state index < -0.39 is 11.8 Å². The Hall–Kier alpha value is -0.400. The summed E-state index contributed by atoms with van der Waals surface area (Å²) in [5, 5.41) is 0. The Bertz CT molecular complexity index is 186. The average Bonchev–Trinajstić information content (AvgIpc) is 2.36. The Balaban J connectivity index is 2.60. The van der Waals surface area contributed by atoms with Gasteiger partial charge in [0.05, 0.1) is 0 Å². The second-order valence-corrected chi connectivity index (χ2v) is 4.29. The summed E-state index contributed by atoms with van der Waals surface area (Å²) in [4.78, 5) is 0. The highest BCUT2D eigenvalue weighted by atomic mass is 19.3. The van der Waals surface area contributed by atoms with E-state index >= 15 is 0 Å². The van der Waals surface area contributed by atoms with Crippen molar-refractivity contribution in [2.45, 2.75) is 33.1 Å². The summed E-state index contributed by atoms with van der Waals surface area (Å²) in [6, 6.07) is 0. The summed E-state index contributed by atoms with van der Waals surface area (Å²) in [5.41, 5.74) is 0.507. The molecule has 2 heteroatoms. The van der Waals surface area contributed by atoms with Crippen molar-refractivity contribution in [2.75, 3.05) is 0 Å². The molecule has 64 valence electrons. The maximum Gasteiger partial charge on any atom is 0.255 e. The van der Waals surface area contributed by atoms with Crippen molar-refractivity contribution >= 4 is 0 Å². The molecule has 0 bridgehead atoms. The van der Waals surface area contributed by atoms with Gasteiger partial charge in [0.25, 0.3) is 5.92 Å². The fourth-order valence-electron chi connectivity index (χ4n) is 1.11. The van der Waals surface area contributed by atoms with Crippen molar-refractivity contribution in [3.8, 4) is 0 Å². The Morgan fingerprint density at radius 2 is 1.82 bits per heavy atom. The third-order valence-corrected chi connectivity index (χ3v) is 2.21. The van der Waals surface area contributed by atoms with Crippen LogP contribution in [0.5, 0.6) is 0 Å². The predicted molar refractivity (Wildman–Crippen MR) is 41.6 cm³/mol. The zero-order valence-corrected chi connectivity index (χ0v) is 7.25. The Labute approximate surface area is 66.3 Å². The number of halogens is 2. The molecular weight excluding hydrogens is 146 g/mol. The standard InChI is InChI=1S/C9H14F2/c1-6(8(2,3)4)7-5-9(7,10)11/h7H,1,5H2,2-4H3. The van der Waals surface area contributed by atoms with Gasteiger partial charge in [-0.1, -0.05) is 32.9 Å². The van der Waals surface area contributed by atoms with Crippen LogP contribution in [0.2, 0.25) is 0 Å².